The number of halogens is 2. The van der Waals surface area contributed by atoms with E-state index in [9.17, 15) is 14.0 Å². The third-order valence-electron chi connectivity index (χ3n) is 2.76. The van der Waals surface area contributed by atoms with E-state index in [2.05, 4.69) is 10.1 Å². The molecular weight excluding hydrogens is 408 g/mol. The van der Waals surface area contributed by atoms with Crippen LogP contribution in [0.25, 0.3) is 0 Å². The average Bonchev–Trinajstić information content (AvgIpc) is 2.79. The SMILES string of the molecule is COC(=O)c1scc(C)c1NC(=O)c1ccc(F)cc1I. The van der Waals surface area contributed by atoms with Gasteiger partial charge in [-0.2, -0.15) is 0 Å². The van der Waals surface area contributed by atoms with Gasteiger partial charge in [0.05, 0.1) is 18.4 Å². The fourth-order valence-electron chi connectivity index (χ4n) is 1.70. The molecule has 1 aromatic heterocycles. The summed E-state index contributed by atoms with van der Waals surface area (Å²) in [6, 6.07) is 3.90. The van der Waals surface area contributed by atoms with Gasteiger partial charge in [0, 0.05) is 3.57 Å². The van der Waals surface area contributed by atoms with Crippen molar-refractivity contribution in [2.24, 2.45) is 0 Å². The van der Waals surface area contributed by atoms with Gasteiger partial charge in [-0.1, -0.05) is 0 Å². The molecule has 1 N–H and O–H groups in total. The van der Waals surface area contributed by atoms with Gasteiger partial charge in [-0.3, -0.25) is 4.79 Å². The Kier molecular flexibility index (Phi) is 4.94. The van der Waals surface area contributed by atoms with Crippen LogP contribution in [0, 0.1) is 16.3 Å². The van der Waals surface area contributed by atoms with Gasteiger partial charge in [0.25, 0.3) is 5.91 Å². The van der Waals surface area contributed by atoms with Gasteiger partial charge in [-0.05, 0) is 58.7 Å². The maximum absolute atomic E-state index is 13.1. The number of ether oxygens (including phenoxy) is 1. The molecule has 1 amide bonds. The first-order valence-corrected chi connectivity index (χ1v) is 7.82. The van der Waals surface area contributed by atoms with Gasteiger partial charge in [0.2, 0.25) is 0 Å². The number of carbonyl (C=O) groups is 2. The van der Waals surface area contributed by atoms with Gasteiger partial charge in [0.1, 0.15) is 10.7 Å². The maximum atomic E-state index is 13.1. The zero-order valence-corrected chi connectivity index (χ0v) is 14.2. The Hall–Kier alpha value is -1.48. The second kappa shape index (κ2) is 6.52. The van der Waals surface area contributed by atoms with E-state index in [1.165, 1.54) is 36.6 Å². The summed E-state index contributed by atoms with van der Waals surface area (Å²) >= 11 is 3.09. The number of amides is 1. The van der Waals surface area contributed by atoms with E-state index in [-0.39, 0.29) is 0 Å². The number of carbonyl (C=O) groups excluding carboxylic acids is 2. The molecule has 0 unspecified atom stereocenters. The third kappa shape index (κ3) is 3.41. The third-order valence-corrected chi connectivity index (χ3v) is 4.73. The molecule has 110 valence electrons. The molecule has 0 aliphatic rings. The summed E-state index contributed by atoms with van der Waals surface area (Å²) in [5, 5.41) is 4.46. The molecule has 0 spiro atoms. The molecule has 0 saturated heterocycles. The summed E-state index contributed by atoms with van der Waals surface area (Å²) in [6.45, 7) is 1.79. The lowest BCUT2D eigenvalue weighted by Gasteiger charge is -2.08. The monoisotopic (exact) mass is 419 g/mol. The van der Waals surface area contributed by atoms with E-state index >= 15 is 0 Å². The van der Waals surface area contributed by atoms with Crippen molar-refractivity contribution in [2.45, 2.75) is 6.92 Å². The number of esters is 1. The lowest BCUT2D eigenvalue weighted by atomic mass is 10.2. The van der Waals surface area contributed by atoms with Gasteiger partial charge >= 0.3 is 5.97 Å². The number of anilines is 1. The summed E-state index contributed by atoms with van der Waals surface area (Å²) in [6.07, 6.45) is 0. The smallest absolute Gasteiger partial charge is 0.350 e. The van der Waals surface area contributed by atoms with Crippen molar-refractivity contribution >= 4 is 51.5 Å². The van der Waals surface area contributed by atoms with Gasteiger partial charge in [0.15, 0.2) is 0 Å². The van der Waals surface area contributed by atoms with Crippen LogP contribution in [0.5, 0.6) is 0 Å². The van der Waals surface area contributed by atoms with Crippen molar-refractivity contribution in [1.29, 1.82) is 0 Å². The van der Waals surface area contributed by atoms with Crippen LogP contribution in [0.1, 0.15) is 25.6 Å². The zero-order valence-electron chi connectivity index (χ0n) is 11.2. The largest absolute Gasteiger partial charge is 0.465 e. The predicted octanol–water partition coefficient (Wildman–Crippen LogP) is 3.84. The van der Waals surface area contributed by atoms with Crippen molar-refractivity contribution in [2.75, 3.05) is 12.4 Å². The molecule has 0 aliphatic heterocycles. The van der Waals surface area contributed by atoms with E-state index in [0.717, 1.165) is 5.56 Å². The first-order chi connectivity index (χ1) is 9.93. The molecule has 1 aromatic carbocycles. The highest BCUT2D eigenvalue weighted by molar-refractivity contribution is 14.1. The molecule has 7 heteroatoms. The van der Waals surface area contributed by atoms with Crippen molar-refractivity contribution in [3.8, 4) is 0 Å². The highest BCUT2D eigenvalue weighted by Crippen LogP contribution is 2.29. The van der Waals surface area contributed by atoms with Crippen LogP contribution in [-0.4, -0.2) is 19.0 Å². The minimum absolute atomic E-state index is 0.334. The van der Waals surface area contributed by atoms with Crippen LogP contribution in [0.4, 0.5) is 10.1 Å². The quantitative estimate of drug-likeness (QED) is 0.608. The lowest BCUT2D eigenvalue weighted by Crippen LogP contribution is -2.16. The first-order valence-electron chi connectivity index (χ1n) is 5.87. The Morgan fingerprint density at radius 3 is 2.71 bits per heavy atom. The second-order valence-electron chi connectivity index (χ2n) is 4.19. The summed E-state index contributed by atoms with van der Waals surface area (Å²) < 4.78 is 18.3. The number of thiophene rings is 1. The van der Waals surface area contributed by atoms with E-state index < -0.39 is 17.7 Å². The van der Waals surface area contributed by atoms with E-state index in [4.69, 9.17) is 0 Å². The van der Waals surface area contributed by atoms with Crippen molar-refractivity contribution in [1.82, 2.24) is 0 Å². The van der Waals surface area contributed by atoms with Crippen LogP contribution >= 0.6 is 33.9 Å². The lowest BCUT2D eigenvalue weighted by molar-refractivity contribution is 0.0607. The number of methoxy groups -OCH3 is 1. The molecule has 0 bridgehead atoms. The number of hydrogen-bond acceptors (Lipinski definition) is 4. The highest BCUT2D eigenvalue weighted by atomic mass is 127. The molecule has 2 rings (SSSR count). The maximum Gasteiger partial charge on any atom is 0.350 e. The summed E-state index contributed by atoms with van der Waals surface area (Å²) in [5.41, 5.74) is 1.54. The molecular formula is C14H11FINO3S. The van der Waals surface area contributed by atoms with Gasteiger partial charge < -0.3 is 10.1 Å². The number of benzene rings is 1. The Balaban J connectivity index is 2.32. The number of hydrogen-bond donors (Lipinski definition) is 1. The topological polar surface area (TPSA) is 55.4 Å². The van der Waals surface area contributed by atoms with Crippen molar-refractivity contribution in [3.05, 3.63) is 49.0 Å². The summed E-state index contributed by atoms with van der Waals surface area (Å²) in [7, 11) is 1.28. The molecule has 0 radical (unpaired) electrons. The summed E-state index contributed by atoms with van der Waals surface area (Å²) in [5.74, 6) is -1.30. The Morgan fingerprint density at radius 2 is 2.10 bits per heavy atom. The van der Waals surface area contributed by atoms with E-state index in [1.54, 1.807) is 12.3 Å². The van der Waals surface area contributed by atoms with Gasteiger partial charge in [-0.25, -0.2) is 9.18 Å². The molecule has 0 aliphatic carbocycles. The Bertz CT molecular complexity index is 714. The standard InChI is InChI=1S/C14H11FINO3S/c1-7-6-21-12(14(19)20-2)11(7)17-13(18)9-4-3-8(15)5-10(9)16/h3-6H,1-2H3,(H,17,18). The number of rotatable bonds is 3. The zero-order chi connectivity index (χ0) is 15.6. The predicted molar refractivity (Wildman–Crippen MR) is 87.5 cm³/mol. The van der Waals surface area contributed by atoms with Crippen LogP contribution in [0.3, 0.4) is 0 Å². The van der Waals surface area contributed by atoms with E-state index in [1.807, 2.05) is 22.6 Å². The molecule has 0 atom stereocenters. The van der Waals surface area contributed by atoms with Crippen LogP contribution in [0.2, 0.25) is 0 Å². The average molecular weight is 419 g/mol. The molecule has 2 aromatic rings. The van der Waals surface area contributed by atoms with Crippen molar-refractivity contribution < 1.29 is 18.7 Å². The second-order valence-corrected chi connectivity index (χ2v) is 6.23. The molecule has 0 fully saturated rings. The van der Waals surface area contributed by atoms with Crippen LogP contribution in [0.15, 0.2) is 23.6 Å². The highest BCUT2D eigenvalue weighted by Gasteiger charge is 2.20. The number of nitrogens with one attached hydrogen (secondary N) is 1. The fourth-order valence-corrected chi connectivity index (χ4v) is 3.34. The minimum Gasteiger partial charge on any atom is -0.465 e. The minimum atomic E-state index is -0.503. The molecule has 1 heterocycles. The van der Waals surface area contributed by atoms with Crippen LogP contribution in [-0.2, 0) is 4.74 Å². The Labute approximate surface area is 138 Å². The normalized spacial score (nSPS) is 10.3. The molecule has 21 heavy (non-hydrogen) atoms. The van der Waals surface area contributed by atoms with Crippen molar-refractivity contribution in [3.63, 3.8) is 0 Å². The Morgan fingerprint density at radius 1 is 1.38 bits per heavy atom. The fraction of sp³-hybridized carbons (Fsp3) is 0.143. The number of aryl methyl sites for hydroxylation is 1. The van der Waals surface area contributed by atoms with Crippen LogP contribution < -0.4 is 5.32 Å². The van der Waals surface area contributed by atoms with Gasteiger partial charge in [-0.15, -0.1) is 11.3 Å². The summed E-state index contributed by atoms with van der Waals surface area (Å²) in [4.78, 5) is 24.3. The molecule has 0 saturated carbocycles. The molecule has 4 nitrogen and oxygen atoms in total. The first kappa shape index (κ1) is 15.9. The van der Waals surface area contributed by atoms with E-state index in [0.29, 0.717) is 19.7 Å².